The zero-order valence-electron chi connectivity index (χ0n) is 10.0. The highest BCUT2D eigenvalue weighted by atomic mass is 16.5. The number of carbonyl (C=O) groups excluding carboxylic acids is 2. The van der Waals surface area contributed by atoms with E-state index in [-0.39, 0.29) is 12.5 Å². The molecule has 0 radical (unpaired) electrons. The molecule has 0 fully saturated rings. The molecule has 0 aliphatic carbocycles. The fourth-order valence-electron chi connectivity index (χ4n) is 1.82. The van der Waals surface area contributed by atoms with Crippen LogP contribution in [-0.4, -0.2) is 18.5 Å². The number of primary amides is 1. The zero-order chi connectivity index (χ0) is 12.1. The van der Waals surface area contributed by atoms with Gasteiger partial charge in [-0.2, -0.15) is 0 Å². The third-order valence-corrected chi connectivity index (χ3v) is 3.09. The van der Waals surface area contributed by atoms with E-state index in [0.29, 0.717) is 6.42 Å². The van der Waals surface area contributed by atoms with E-state index in [1.165, 1.54) is 0 Å². The summed E-state index contributed by atoms with van der Waals surface area (Å²) in [6, 6.07) is 0. The highest BCUT2D eigenvalue weighted by Gasteiger charge is 2.48. The molecule has 0 aliphatic heterocycles. The van der Waals surface area contributed by atoms with E-state index in [9.17, 15) is 9.59 Å². The number of hydrogen-bond acceptors (Lipinski definition) is 3. The van der Waals surface area contributed by atoms with E-state index in [1.54, 1.807) is 13.8 Å². The van der Waals surface area contributed by atoms with Gasteiger partial charge in [0.1, 0.15) is 5.41 Å². The van der Waals surface area contributed by atoms with E-state index in [0.717, 1.165) is 6.42 Å². The van der Waals surface area contributed by atoms with Gasteiger partial charge in [-0.15, -0.1) is 0 Å². The second kappa shape index (κ2) is 5.73. The van der Waals surface area contributed by atoms with Crippen LogP contribution >= 0.6 is 0 Å². The maximum atomic E-state index is 11.8. The number of esters is 1. The smallest absolute Gasteiger partial charge is 0.321 e. The lowest BCUT2D eigenvalue weighted by molar-refractivity contribution is -0.164. The summed E-state index contributed by atoms with van der Waals surface area (Å²) in [4.78, 5) is 23.3. The minimum Gasteiger partial charge on any atom is -0.465 e. The van der Waals surface area contributed by atoms with Crippen molar-refractivity contribution in [2.45, 2.75) is 40.5 Å². The predicted octanol–water partition coefficient (Wildman–Crippen LogP) is 1.48. The lowest BCUT2D eigenvalue weighted by Gasteiger charge is -2.32. The standard InChI is InChI=1S/C11H21NO3/c1-5-8(4)11(6-2,9(12)13)10(14)15-7-3/h8H,5-7H2,1-4H3,(H2,12,13). The summed E-state index contributed by atoms with van der Waals surface area (Å²) >= 11 is 0. The molecule has 88 valence electrons. The van der Waals surface area contributed by atoms with Gasteiger partial charge in [0, 0.05) is 0 Å². The Morgan fingerprint density at radius 3 is 2.13 bits per heavy atom. The van der Waals surface area contributed by atoms with Gasteiger partial charge in [0.25, 0.3) is 0 Å². The molecule has 0 saturated carbocycles. The average molecular weight is 215 g/mol. The summed E-state index contributed by atoms with van der Waals surface area (Å²) in [5, 5.41) is 0. The van der Waals surface area contributed by atoms with Crippen LogP contribution in [0, 0.1) is 11.3 Å². The SMILES string of the molecule is CCOC(=O)C(CC)(C(N)=O)C(C)CC. The van der Waals surface area contributed by atoms with Crippen LogP contribution in [0.5, 0.6) is 0 Å². The van der Waals surface area contributed by atoms with Crippen molar-refractivity contribution in [1.29, 1.82) is 0 Å². The van der Waals surface area contributed by atoms with Gasteiger partial charge >= 0.3 is 5.97 Å². The first kappa shape index (κ1) is 13.9. The molecule has 1 amide bonds. The van der Waals surface area contributed by atoms with Gasteiger partial charge < -0.3 is 10.5 Å². The maximum Gasteiger partial charge on any atom is 0.321 e. The van der Waals surface area contributed by atoms with Crippen molar-refractivity contribution in [2.75, 3.05) is 6.61 Å². The summed E-state index contributed by atoms with van der Waals surface area (Å²) in [5.41, 5.74) is 4.19. The van der Waals surface area contributed by atoms with Crippen molar-refractivity contribution >= 4 is 11.9 Å². The molecule has 0 bridgehead atoms. The number of rotatable bonds is 6. The van der Waals surface area contributed by atoms with Crippen molar-refractivity contribution in [3.63, 3.8) is 0 Å². The normalized spacial score (nSPS) is 16.5. The molecule has 4 nitrogen and oxygen atoms in total. The van der Waals surface area contributed by atoms with E-state index in [1.807, 2.05) is 13.8 Å². The quantitative estimate of drug-likeness (QED) is 0.539. The van der Waals surface area contributed by atoms with Gasteiger partial charge in [-0.3, -0.25) is 9.59 Å². The Bertz CT molecular complexity index is 240. The third-order valence-electron chi connectivity index (χ3n) is 3.09. The topological polar surface area (TPSA) is 69.4 Å². The fourth-order valence-corrected chi connectivity index (χ4v) is 1.82. The van der Waals surface area contributed by atoms with Crippen molar-refractivity contribution in [1.82, 2.24) is 0 Å². The minimum atomic E-state index is -1.16. The highest BCUT2D eigenvalue weighted by molar-refractivity contribution is 6.02. The number of ether oxygens (including phenoxy) is 1. The molecule has 15 heavy (non-hydrogen) atoms. The van der Waals surface area contributed by atoms with Crippen LogP contribution in [0.1, 0.15) is 40.5 Å². The molecule has 2 atom stereocenters. The van der Waals surface area contributed by atoms with Crippen LogP contribution in [0.4, 0.5) is 0 Å². The van der Waals surface area contributed by atoms with E-state index < -0.39 is 17.3 Å². The van der Waals surface area contributed by atoms with Gasteiger partial charge in [-0.05, 0) is 19.3 Å². The molecule has 0 aromatic rings. The first-order valence-corrected chi connectivity index (χ1v) is 5.44. The third kappa shape index (κ3) is 2.49. The minimum absolute atomic E-state index is 0.0981. The number of nitrogens with two attached hydrogens (primary N) is 1. The molecule has 0 aromatic heterocycles. The lowest BCUT2D eigenvalue weighted by atomic mass is 9.72. The van der Waals surface area contributed by atoms with E-state index >= 15 is 0 Å². The molecule has 0 heterocycles. The second-order valence-corrected chi connectivity index (χ2v) is 3.72. The van der Waals surface area contributed by atoms with Crippen LogP contribution in [-0.2, 0) is 14.3 Å². The second-order valence-electron chi connectivity index (χ2n) is 3.72. The molecule has 0 spiro atoms. The Hall–Kier alpha value is -1.06. The van der Waals surface area contributed by atoms with Crippen LogP contribution in [0.25, 0.3) is 0 Å². The van der Waals surface area contributed by atoms with Crippen molar-refractivity contribution in [2.24, 2.45) is 17.1 Å². The van der Waals surface area contributed by atoms with Crippen molar-refractivity contribution < 1.29 is 14.3 Å². The molecular weight excluding hydrogens is 194 g/mol. The Morgan fingerprint density at radius 1 is 1.33 bits per heavy atom. The first-order valence-electron chi connectivity index (χ1n) is 5.44. The highest BCUT2D eigenvalue weighted by Crippen LogP contribution is 2.35. The molecule has 2 N–H and O–H groups in total. The molecule has 0 aliphatic rings. The Morgan fingerprint density at radius 2 is 1.87 bits per heavy atom. The number of hydrogen-bond donors (Lipinski definition) is 1. The molecular formula is C11H21NO3. The molecule has 0 saturated heterocycles. The lowest BCUT2D eigenvalue weighted by Crippen LogP contribution is -2.49. The summed E-state index contributed by atoms with van der Waals surface area (Å²) in [6.45, 7) is 7.55. The molecule has 4 heteroatoms. The fraction of sp³-hybridized carbons (Fsp3) is 0.818. The number of amides is 1. The Kier molecular flexibility index (Phi) is 5.33. The molecule has 2 unspecified atom stereocenters. The van der Waals surface area contributed by atoms with Gasteiger partial charge in [-0.25, -0.2) is 0 Å². The molecule has 0 aromatic carbocycles. The largest absolute Gasteiger partial charge is 0.465 e. The van der Waals surface area contributed by atoms with Crippen LogP contribution in [0.3, 0.4) is 0 Å². The predicted molar refractivity (Wildman–Crippen MR) is 58.0 cm³/mol. The molecule has 0 rings (SSSR count). The van der Waals surface area contributed by atoms with Crippen molar-refractivity contribution in [3.8, 4) is 0 Å². The monoisotopic (exact) mass is 215 g/mol. The summed E-state index contributed by atoms with van der Waals surface area (Å²) in [7, 11) is 0. The van der Waals surface area contributed by atoms with Crippen molar-refractivity contribution in [3.05, 3.63) is 0 Å². The Balaban J connectivity index is 5.15. The summed E-state index contributed by atoms with van der Waals surface area (Å²) in [6.07, 6.45) is 1.10. The summed E-state index contributed by atoms with van der Waals surface area (Å²) < 4.78 is 4.94. The van der Waals surface area contributed by atoms with Gasteiger partial charge in [0.15, 0.2) is 0 Å². The van der Waals surface area contributed by atoms with Crippen LogP contribution in [0.15, 0.2) is 0 Å². The van der Waals surface area contributed by atoms with Crippen LogP contribution < -0.4 is 5.73 Å². The first-order chi connectivity index (χ1) is 6.97. The summed E-state index contributed by atoms with van der Waals surface area (Å²) in [5.74, 6) is -1.17. The van der Waals surface area contributed by atoms with Crippen LogP contribution in [0.2, 0.25) is 0 Å². The Labute approximate surface area is 91.2 Å². The van der Waals surface area contributed by atoms with E-state index in [2.05, 4.69) is 0 Å². The zero-order valence-corrected chi connectivity index (χ0v) is 10.0. The van der Waals surface area contributed by atoms with Gasteiger partial charge in [0.05, 0.1) is 6.61 Å². The maximum absolute atomic E-state index is 11.8. The van der Waals surface area contributed by atoms with Gasteiger partial charge in [-0.1, -0.05) is 27.2 Å². The average Bonchev–Trinajstić information content (AvgIpc) is 2.19. The number of carbonyl (C=O) groups is 2. The van der Waals surface area contributed by atoms with Gasteiger partial charge in [0.2, 0.25) is 5.91 Å². The van der Waals surface area contributed by atoms with E-state index in [4.69, 9.17) is 10.5 Å².